The van der Waals surface area contributed by atoms with E-state index in [0.717, 1.165) is 5.01 Å². The third kappa shape index (κ3) is 3.38. The Bertz CT molecular complexity index is 406. The molecule has 0 aliphatic carbocycles. The molecule has 0 radical (unpaired) electrons. The largest absolute Gasteiger partial charge is 0.329 e. The van der Waals surface area contributed by atoms with Gasteiger partial charge < -0.3 is 10.6 Å². The van der Waals surface area contributed by atoms with Crippen LogP contribution in [0.15, 0.2) is 18.0 Å². The van der Waals surface area contributed by atoms with Crippen molar-refractivity contribution >= 4 is 17.2 Å². The maximum absolute atomic E-state index is 12.3. The lowest BCUT2D eigenvalue weighted by molar-refractivity contribution is 0.0611. The second kappa shape index (κ2) is 5.42. The Morgan fingerprint density at radius 2 is 2.29 bits per heavy atom. The molecule has 17 heavy (non-hydrogen) atoms. The van der Waals surface area contributed by atoms with Crippen molar-refractivity contribution in [3.63, 3.8) is 0 Å². The van der Waals surface area contributed by atoms with Gasteiger partial charge in [-0.15, -0.1) is 17.9 Å². The fraction of sp³-hybridized carbons (Fsp3) is 0.500. The van der Waals surface area contributed by atoms with Gasteiger partial charge in [-0.25, -0.2) is 4.98 Å². The lowest BCUT2D eigenvalue weighted by Crippen LogP contribution is -2.45. The highest BCUT2D eigenvalue weighted by Gasteiger charge is 2.27. The maximum atomic E-state index is 12.3. The first kappa shape index (κ1) is 13.9. The number of amides is 1. The van der Waals surface area contributed by atoms with E-state index in [1.807, 2.05) is 20.8 Å². The molecule has 1 heterocycles. The molecular formula is C12H19N3OS. The zero-order valence-corrected chi connectivity index (χ0v) is 11.4. The molecule has 0 bridgehead atoms. The molecule has 4 nitrogen and oxygen atoms in total. The summed E-state index contributed by atoms with van der Waals surface area (Å²) in [5, 5.41) is 2.53. The molecule has 0 saturated carbocycles. The van der Waals surface area contributed by atoms with Crippen molar-refractivity contribution in [1.82, 2.24) is 9.88 Å². The lowest BCUT2D eigenvalue weighted by Gasteiger charge is -2.34. The van der Waals surface area contributed by atoms with Crippen LogP contribution in [0.1, 0.15) is 36.3 Å². The van der Waals surface area contributed by atoms with Gasteiger partial charge in [0.05, 0.1) is 0 Å². The summed E-state index contributed by atoms with van der Waals surface area (Å²) < 4.78 is 0. The van der Waals surface area contributed by atoms with Gasteiger partial charge in [0.1, 0.15) is 10.7 Å². The summed E-state index contributed by atoms with van der Waals surface area (Å²) in [4.78, 5) is 18.3. The van der Waals surface area contributed by atoms with Crippen molar-refractivity contribution in [2.24, 2.45) is 5.73 Å². The van der Waals surface area contributed by atoms with E-state index in [2.05, 4.69) is 11.6 Å². The number of hydrogen-bond donors (Lipinski definition) is 1. The Labute approximate surface area is 106 Å². The maximum Gasteiger partial charge on any atom is 0.274 e. The predicted molar refractivity (Wildman–Crippen MR) is 71.0 cm³/mol. The molecule has 0 unspecified atom stereocenters. The lowest BCUT2D eigenvalue weighted by atomic mass is 10.1. The molecule has 2 N–H and O–H groups in total. The van der Waals surface area contributed by atoms with E-state index in [9.17, 15) is 4.79 Å². The van der Waals surface area contributed by atoms with E-state index in [4.69, 9.17) is 5.73 Å². The van der Waals surface area contributed by atoms with Gasteiger partial charge in [0.15, 0.2) is 0 Å². The summed E-state index contributed by atoms with van der Waals surface area (Å²) in [7, 11) is 0. The second-order valence-corrected chi connectivity index (χ2v) is 5.65. The highest BCUT2D eigenvalue weighted by Crippen LogP contribution is 2.18. The summed E-state index contributed by atoms with van der Waals surface area (Å²) in [6.45, 7) is 10.5. The van der Waals surface area contributed by atoms with E-state index in [1.165, 1.54) is 11.3 Å². The van der Waals surface area contributed by atoms with Crippen molar-refractivity contribution in [1.29, 1.82) is 0 Å². The van der Waals surface area contributed by atoms with Crippen LogP contribution in [-0.2, 0) is 6.54 Å². The standard InChI is InChI=1S/C12H19N3OS/c1-5-6-15(12(2,3)4)11(16)9-8-17-10(7-13)14-9/h5,8H,1,6-7,13H2,2-4H3. The number of nitrogens with zero attached hydrogens (tertiary/aromatic N) is 2. The first-order valence-corrected chi connectivity index (χ1v) is 6.35. The van der Waals surface area contributed by atoms with Gasteiger partial charge in [0.25, 0.3) is 5.91 Å². The van der Waals surface area contributed by atoms with Crippen LogP contribution in [0.4, 0.5) is 0 Å². The molecule has 0 aromatic carbocycles. The van der Waals surface area contributed by atoms with E-state index in [0.29, 0.717) is 18.8 Å². The van der Waals surface area contributed by atoms with E-state index in [1.54, 1.807) is 16.4 Å². The number of thiazole rings is 1. The molecule has 0 aliphatic heterocycles. The molecule has 0 atom stereocenters. The van der Waals surface area contributed by atoms with Crippen molar-refractivity contribution in [3.8, 4) is 0 Å². The molecule has 1 aromatic heterocycles. The number of nitrogens with two attached hydrogens (primary N) is 1. The summed E-state index contributed by atoms with van der Waals surface area (Å²) in [6, 6.07) is 0. The van der Waals surface area contributed by atoms with Crippen LogP contribution in [0, 0.1) is 0 Å². The number of carbonyl (C=O) groups is 1. The van der Waals surface area contributed by atoms with Gasteiger partial charge in [0, 0.05) is 24.0 Å². The quantitative estimate of drug-likeness (QED) is 0.835. The zero-order chi connectivity index (χ0) is 13.1. The normalized spacial score (nSPS) is 11.3. The summed E-state index contributed by atoms with van der Waals surface area (Å²) >= 11 is 1.41. The summed E-state index contributed by atoms with van der Waals surface area (Å²) in [5.74, 6) is -0.0756. The van der Waals surface area contributed by atoms with Gasteiger partial charge in [-0.2, -0.15) is 0 Å². The van der Waals surface area contributed by atoms with Crippen LogP contribution in [0.5, 0.6) is 0 Å². The van der Waals surface area contributed by atoms with E-state index >= 15 is 0 Å². The van der Waals surface area contributed by atoms with Crippen LogP contribution >= 0.6 is 11.3 Å². The Hall–Kier alpha value is -1.20. The minimum Gasteiger partial charge on any atom is -0.329 e. The van der Waals surface area contributed by atoms with Gasteiger partial charge in [-0.3, -0.25) is 4.79 Å². The number of hydrogen-bond acceptors (Lipinski definition) is 4. The number of rotatable bonds is 4. The third-order valence-corrected chi connectivity index (χ3v) is 3.18. The third-order valence-electron chi connectivity index (χ3n) is 2.31. The van der Waals surface area contributed by atoms with E-state index < -0.39 is 0 Å². The molecule has 0 aliphatic rings. The molecular weight excluding hydrogens is 234 g/mol. The van der Waals surface area contributed by atoms with Gasteiger partial charge in [0.2, 0.25) is 0 Å². The molecule has 0 spiro atoms. The SMILES string of the molecule is C=CCN(C(=O)c1csc(CN)n1)C(C)(C)C. The van der Waals surface area contributed by atoms with Crippen molar-refractivity contribution in [2.45, 2.75) is 32.9 Å². The minimum absolute atomic E-state index is 0.0756. The molecule has 1 aromatic rings. The Kier molecular flexibility index (Phi) is 4.42. The Morgan fingerprint density at radius 1 is 1.65 bits per heavy atom. The van der Waals surface area contributed by atoms with Crippen molar-refractivity contribution in [2.75, 3.05) is 6.54 Å². The van der Waals surface area contributed by atoms with Crippen molar-refractivity contribution < 1.29 is 4.79 Å². The van der Waals surface area contributed by atoms with Crippen LogP contribution in [0.25, 0.3) is 0 Å². The molecule has 5 heteroatoms. The van der Waals surface area contributed by atoms with Crippen molar-refractivity contribution in [3.05, 3.63) is 28.7 Å². The smallest absolute Gasteiger partial charge is 0.274 e. The Balaban J connectivity index is 2.95. The summed E-state index contributed by atoms with van der Waals surface area (Å²) in [6.07, 6.45) is 1.72. The van der Waals surface area contributed by atoms with Crippen LogP contribution in [0.2, 0.25) is 0 Å². The number of carbonyl (C=O) groups excluding carboxylic acids is 1. The van der Waals surface area contributed by atoms with Gasteiger partial charge in [-0.1, -0.05) is 6.08 Å². The fourth-order valence-corrected chi connectivity index (χ4v) is 2.08. The molecule has 94 valence electrons. The van der Waals surface area contributed by atoms with E-state index in [-0.39, 0.29) is 11.4 Å². The highest BCUT2D eigenvalue weighted by molar-refractivity contribution is 7.09. The zero-order valence-electron chi connectivity index (χ0n) is 10.6. The minimum atomic E-state index is -0.252. The Morgan fingerprint density at radius 3 is 2.71 bits per heavy atom. The predicted octanol–water partition coefficient (Wildman–Crippen LogP) is 2.03. The second-order valence-electron chi connectivity index (χ2n) is 4.71. The van der Waals surface area contributed by atoms with Gasteiger partial charge >= 0.3 is 0 Å². The monoisotopic (exact) mass is 253 g/mol. The van der Waals surface area contributed by atoms with Crippen LogP contribution < -0.4 is 5.73 Å². The van der Waals surface area contributed by atoms with Gasteiger partial charge in [-0.05, 0) is 20.8 Å². The molecule has 0 saturated heterocycles. The van der Waals surface area contributed by atoms with Crippen LogP contribution in [0.3, 0.4) is 0 Å². The average molecular weight is 253 g/mol. The molecule has 0 fully saturated rings. The van der Waals surface area contributed by atoms with Crippen LogP contribution in [-0.4, -0.2) is 27.9 Å². The molecule has 1 rings (SSSR count). The fourth-order valence-electron chi connectivity index (χ4n) is 1.43. The first-order chi connectivity index (χ1) is 7.90. The first-order valence-electron chi connectivity index (χ1n) is 5.47. The molecule has 1 amide bonds. The highest BCUT2D eigenvalue weighted by atomic mass is 32.1. The number of aromatic nitrogens is 1. The topological polar surface area (TPSA) is 59.2 Å². The average Bonchev–Trinajstić information content (AvgIpc) is 2.71. The summed E-state index contributed by atoms with van der Waals surface area (Å²) in [5.41, 5.74) is 5.70.